The number of anilines is 2. The van der Waals surface area contributed by atoms with Gasteiger partial charge in [0.05, 0.1) is 0 Å². The highest BCUT2D eigenvalue weighted by molar-refractivity contribution is 5.69. The van der Waals surface area contributed by atoms with Gasteiger partial charge in [0.1, 0.15) is 5.60 Å². The summed E-state index contributed by atoms with van der Waals surface area (Å²) < 4.78 is 5.41. The summed E-state index contributed by atoms with van der Waals surface area (Å²) in [5.74, 6) is 0. The number of hydrogen-bond donors (Lipinski definition) is 1. The number of carbonyl (C=O) groups is 1. The van der Waals surface area contributed by atoms with E-state index in [-0.39, 0.29) is 6.09 Å². The molecule has 1 amide bonds. The second-order valence-electron chi connectivity index (χ2n) is 6.45. The molecule has 0 aliphatic carbocycles. The van der Waals surface area contributed by atoms with Crippen molar-refractivity contribution in [3.05, 3.63) is 23.8 Å². The van der Waals surface area contributed by atoms with Crippen molar-refractivity contribution in [1.29, 1.82) is 0 Å². The van der Waals surface area contributed by atoms with Crippen LogP contribution in [0.1, 0.15) is 26.3 Å². The largest absolute Gasteiger partial charge is 0.444 e. The van der Waals surface area contributed by atoms with Crippen molar-refractivity contribution in [2.75, 3.05) is 36.8 Å². The molecule has 2 N–H and O–H groups in total. The summed E-state index contributed by atoms with van der Waals surface area (Å²) in [5.41, 5.74) is 8.57. The normalized spacial score (nSPS) is 16.0. The van der Waals surface area contributed by atoms with E-state index in [4.69, 9.17) is 10.5 Å². The van der Waals surface area contributed by atoms with Crippen LogP contribution < -0.4 is 10.6 Å². The number of hydrogen-bond acceptors (Lipinski definition) is 4. The fourth-order valence-electron chi connectivity index (χ4n) is 2.44. The topological polar surface area (TPSA) is 58.8 Å². The zero-order valence-corrected chi connectivity index (χ0v) is 13.3. The van der Waals surface area contributed by atoms with E-state index in [9.17, 15) is 4.79 Å². The Morgan fingerprint density at radius 2 is 1.81 bits per heavy atom. The Kier molecular flexibility index (Phi) is 4.30. The summed E-state index contributed by atoms with van der Waals surface area (Å²) in [7, 11) is 0. The maximum Gasteiger partial charge on any atom is 0.410 e. The second kappa shape index (κ2) is 5.84. The van der Waals surface area contributed by atoms with Gasteiger partial charge in [-0.3, -0.25) is 0 Å². The van der Waals surface area contributed by atoms with Crippen LogP contribution in [0.25, 0.3) is 0 Å². The Balaban J connectivity index is 1.97. The zero-order chi connectivity index (χ0) is 15.6. The van der Waals surface area contributed by atoms with E-state index in [2.05, 4.69) is 11.0 Å². The van der Waals surface area contributed by atoms with Crippen LogP contribution in [-0.4, -0.2) is 42.8 Å². The summed E-state index contributed by atoms with van der Waals surface area (Å²) in [6.07, 6.45) is -0.230. The number of nitrogens with two attached hydrogens (primary N) is 1. The average Bonchev–Trinajstić information content (AvgIpc) is 2.40. The van der Waals surface area contributed by atoms with Crippen molar-refractivity contribution in [1.82, 2.24) is 4.90 Å². The average molecular weight is 291 g/mol. The first-order valence-corrected chi connectivity index (χ1v) is 7.36. The van der Waals surface area contributed by atoms with Crippen molar-refractivity contribution in [2.45, 2.75) is 33.3 Å². The van der Waals surface area contributed by atoms with Gasteiger partial charge < -0.3 is 20.3 Å². The van der Waals surface area contributed by atoms with Gasteiger partial charge in [0.15, 0.2) is 0 Å². The molecule has 0 spiro atoms. The minimum Gasteiger partial charge on any atom is -0.444 e. The number of ether oxygens (including phenoxy) is 1. The first kappa shape index (κ1) is 15.5. The van der Waals surface area contributed by atoms with Gasteiger partial charge >= 0.3 is 6.09 Å². The van der Waals surface area contributed by atoms with Crippen LogP contribution in [0.5, 0.6) is 0 Å². The van der Waals surface area contributed by atoms with Crippen LogP contribution in [0.15, 0.2) is 18.2 Å². The summed E-state index contributed by atoms with van der Waals surface area (Å²) >= 11 is 0. The van der Waals surface area contributed by atoms with Crippen LogP contribution in [0.2, 0.25) is 0 Å². The number of carbonyl (C=O) groups excluding carboxylic acids is 1. The van der Waals surface area contributed by atoms with Gasteiger partial charge in [-0.05, 0) is 45.4 Å². The molecule has 1 aliphatic heterocycles. The summed E-state index contributed by atoms with van der Waals surface area (Å²) in [5, 5.41) is 0. The van der Waals surface area contributed by atoms with Gasteiger partial charge in [0, 0.05) is 37.6 Å². The van der Waals surface area contributed by atoms with Gasteiger partial charge in [-0.1, -0.05) is 6.07 Å². The minimum absolute atomic E-state index is 0.230. The van der Waals surface area contributed by atoms with E-state index >= 15 is 0 Å². The van der Waals surface area contributed by atoms with E-state index < -0.39 is 5.60 Å². The quantitative estimate of drug-likeness (QED) is 0.808. The molecular weight excluding hydrogens is 266 g/mol. The van der Waals surface area contributed by atoms with E-state index in [1.807, 2.05) is 39.8 Å². The number of amides is 1. The molecule has 1 aromatic rings. The number of piperazine rings is 1. The van der Waals surface area contributed by atoms with E-state index in [1.54, 1.807) is 4.90 Å². The van der Waals surface area contributed by atoms with Crippen molar-refractivity contribution in [3.63, 3.8) is 0 Å². The molecule has 5 nitrogen and oxygen atoms in total. The molecule has 0 aromatic heterocycles. The molecule has 1 saturated heterocycles. The number of nitrogens with zero attached hydrogens (tertiary/aromatic N) is 2. The van der Waals surface area contributed by atoms with Gasteiger partial charge in [-0.25, -0.2) is 4.79 Å². The van der Waals surface area contributed by atoms with Crippen LogP contribution in [0.4, 0.5) is 16.2 Å². The molecule has 1 heterocycles. The first-order valence-electron chi connectivity index (χ1n) is 7.36. The Morgan fingerprint density at radius 3 is 2.38 bits per heavy atom. The number of rotatable bonds is 1. The molecular formula is C16H25N3O2. The third kappa shape index (κ3) is 3.80. The fraction of sp³-hybridized carbons (Fsp3) is 0.562. The van der Waals surface area contributed by atoms with Crippen molar-refractivity contribution < 1.29 is 9.53 Å². The predicted molar refractivity (Wildman–Crippen MR) is 85.6 cm³/mol. The maximum atomic E-state index is 12.0. The van der Waals surface area contributed by atoms with Crippen molar-refractivity contribution in [2.24, 2.45) is 0 Å². The lowest BCUT2D eigenvalue weighted by molar-refractivity contribution is 0.0240. The molecule has 0 atom stereocenters. The van der Waals surface area contributed by atoms with Gasteiger partial charge in [-0.15, -0.1) is 0 Å². The summed E-state index contributed by atoms with van der Waals surface area (Å²) in [6, 6.07) is 5.96. The Morgan fingerprint density at radius 1 is 1.19 bits per heavy atom. The minimum atomic E-state index is -0.446. The van der Waals surface area contributed by atoms with Crippen LogP contribution in [0, 0.1) is 6.92 Å². The monoisotopic (exact) mass is 291 g/mol. The molecule has 21 heavy (non-hydrogen) atoms. The van der Waals surface area contributed by atoms with Gasteiger partial charge in [-0.2, -0.15) is 0 Å². The highest BCUT2D eigenvalue weighted by Crippen LogP contribution is 2.25. The van der Waals surface area contributed by atoms with Crippen LogP contribution in [-0.2, 0) is 4.74 Å². The molecule has 2 rings (SSSR count). The number of benzene rings is 1. The van der Waals surface area contributed by atoms with Crippen molar-refractivity contribution >= 4 is 17.5 Å². The molecule has 5 heteroatoms. The van der Waals surface area contributed by atoms with Crippen LogP contribution in [0.3, 0.4) is 0 Å². The molecule has 0 bridgehead atoms. The molecule has 0 saturated carbocycles. The van der Waals surface area contributed by atoms with Crippen LogP contribution >= 0.6 is 0 Å². The van der Waals surface area contributed by atoms with E-state index in [0.29, 0.717) is 13.1 Å². The molecule has 0 radical (unpaired) electrons. The lowest BCUT2D eigenvalue weighted by Gasteiger charge is -2.37. The van der Waals surface area contributed by atoms with Gasteiger partial charge in [0.25, 0.3) is 0 Å². The molecule has 1 fully saturated rings. The number of nitrogen functional groups attached to an aromatic ring is 1. The van der Waals surface area contributed by atoms with Crippen molar-refractivity contribution in [3.8, 4) is 0 Å². The Bertz CT molecular complexity index is 515. The fourth-order valence-corrected chi connectivity index (χ4v) is 2.44. The van der Waals surface area contributed by atoms with E-state index in [0.717, 1.165) is 30.0 Å². The smallest absolute Gasteiger partial charge is 0.410 e. The summed E-state index contributed by atoms with van der Waals surface area (Å²) in [6.45, 7) is 10.6. The lowest BCUT2D eigenvalue weighted by atomic mass is 10.1. The molecule has 116 valence electrons. The third-order valence-corrected chi connectivity index (χ3v) is 3.62. The summed E-state index contributed by atoms with van der Waals surface area (Å²) in [4.78, 5) is 16.1. The zero-order valence-electron chi connectivity index (χ0n) is 13.3. The standard InChI is InChI=1S/C16H25N3O2/c1-12-13(17)6-5-7-14(12)18-8-10-19(11-9-18)15(20)21-16(2,3)4/h5-7H,8-11,17H2,1-4H3. The van der Waals surface area contributed by atoms with E-state index in [1.165, 1.54) is 0 Å². The highest BCUT2D eigenvalue weighted by Gasteiger charge is 2.26. The Labute approximate surface area is 126 Å². The predicted octanol–water partition coefficient (Wildman–Crippen LogP) is 2.63. The first-order chi connectivity index (χ1) is 9.78. The Hall–Kier alpha value is -1.91. The third-order valence-electron chi connectivity index (χ3n) is 3.62. The molecule has 1 aromatic carbocycles. The highest BCUT2D eigenvalue weighted by atomic mass is 16.6. The molecule has 1 aliphatic rings. The lowest BCUT2D eigenvalue weighted by Crippen LogP contribution is -2.50. The second-order valence-corrected chi connectivity index (χ2v) is 6.45. The van der Waals surface area contributed by atoms with Gasteiger partial charge in [0.2, 0.25) is 0 Å². The SMILES string of the molecule is Cc1c(N)cccc1N1CCN(C(=O)OC(C)(C)C)CC1. The molecule has 0 unspecified atom stereocenters. The maximum absolute atomic E-state index is 12.0.